The molecule has 0 aromatic carbocycles. The van der Waals surface area contributed by atoms with E-state index in [2.05, 4.69) is 37.8 Å². The molecule has 5 nitrogen and oxygen atoms in total. The summed E-state index contributed by atoms with van der Waals surface area (Å²) in [7, 11) is 2.01. The van der Waals surface area contributed by atoms with Crippen molar-refractivity contribution in [2.24, 2.45) is 18.4 Å². The molecule has 1 amide bonds. The molecule has 2 aliphatic heterocycles. The maximum Gasteiger partial charge on any atom is 0.230 e. The van der Waals surface area contributed by atoms with Crippen molar-refractivity contribution in [1.29, 1.82) is 0 Å². The SMILES string of the molecule is Cn1cnc([C@@H]2CN(Cc3ccsc3)C[C@@]23CCN(CC2CC2)C3=O)c1. The van der Waals surface area contributed by atoms with Gasteiger partial charge in [-0.25, -0.2) is 4.98 Å². The van der Waals surface area contributed by atoms with Crippen LogP contribution in [0.15, 0.2) is 29.4 Å². The quantitative estimate of drug-likeness (QED) is 0.813. The molecule has 2 atom stereocenters. The smallest absolute Gasteiger partial charge is 0.230 e. The maximum absolute atomic E-state index is 13.5. The minimum atomic E-state index is -0.279. The van der Waals surface area contributed by atoms with E-state index in [1.54, 1.807) is 11.3 Å². The highest BCUT2D eigenvalue weighted by Gasteiger charge is 2.57. The minimum absolute atomic E-state index is 0.207. The van der Waals surface area contributed by atoms with Crippen LogP contribution in [0.3, 0.4) is 0 Å². The van der Waals surface area contributed by atoms with Crippen LogP contribution in [0, 0.1) is 11.3 Å². The van der Waals surface area contributed by atoms with E-state index in [4.69, 9.17) is 0 Å². The Morgan fingerprint density at radius 2 is 2.27 bits per heavy atom. The minimum Gasteiger partial charge on any atom is -0.342 e. The summed E-state index contributed by atoms with van der Waals surface area (Å²) in [5.41, 5.74) is 2.16. The van der Waals surface area contributed by atoms with E-state index < -0.39 is 0 Å². The average molecular weight is 371 g/mol. The Morgan fingerprint density at radius 1 is 1.38 bits per heavy atom. The van der Waals surface area contributed by atoms with E-state index in [0.717, 1.165) is 50.8 Å². The third kappa shape index (κ3) is 2.79. The number of likely N-dealkylation sites (tertiary alicyclic amines) is 2. The molecular formula is C20H26N4OS. The highest BCUT2D eigenvalue weighted by Crippen LogP contribution is 2.50. The average Bonchev–Trinajstić information content (AvgIpc) is 2.98. The topological polar surface area (TPSA) is 41.4 Å². The van der Waals surface area contributed by atoms with Gasteiger partial charge >= 0.3 is 0 Å². The lowest BCUT2D eigenvalue weighted by Gasteiger charge is -2.28. The normalized spacial score (nSPS) is 29.3. The van der Waals surface area contributed by atoms with Crippen LogP contribution < -0.4 is 0 Å². The first kappa shape index (κ1) is 16.5. The zero-order valence-corrected chi connectivity index (χ0v) is 16.1. The van der Waals surface area contributed by atoms with Gasteiger partial charge in [0.1, 0.15) is 0 Å². The molecule has 138 valence electrons. The molecule has 4 heterocycles. The predicted molar refractivity (Wildman–Crippen MR) is 102 cm³/mol. The molecule has 6 heteroatoms. The Hall–Kier alpha value is -1.66. The summed E-state index contributed by atoms with van der Waals surface area (Å²) >= 11 is 1.74. The van der Waals surface area contributed by atoms with Crippen LogP contribution in [0.4, 0.5) is 0 Å². The van der Waals surface area contributed by atoms with Crippen molar-refractivity contribution in [3.63, 3.8) is 0 Å². The summed E-state index contributed by atoms with van der Waals surface area (Å²) in [6, 6.07) is 2.20. The van der Waals surface area contributed by atoms with Gasteiger partial charge in [-0.2, -0.15) is 11.3 Å². The van der Waals surface area contributed by atoms with Crippen LogP contribution in [0.1, 0.15) is 36.4 Å². The van der Waals surface area contributed by atoms with Crippen molar-refractivity contribution >= 4 is 17.2 Å². The number of hydrogen-bond acceptors (Lipinski definition) is 4. The van der Waals surface area contributed by atoms with Gasteiger partial charge in [0.25, 0.3) is 0 Å². The molecule has 26 heavy (non-hydrogen) atoms. The monoisotopic (exact) mass is 370 g/mol. The van der Waals surface area contributed by atoms with E-state index in [0.29, 0.717) is 5.91 Å². The van der Waals surface area contributed by atoms with Gasteiger partial charge in [-0.1, -0.05) is 0 Å². The van der Waals surface area contributed by atoms with E-state index in [1.807, 2.05) is 17.9 Å². The van der Waals surface area contributed by atoms with Gasteiger partial charge in [-0.05, 0) is 47.6 Å². The van der Waals surface area contributed by atoms with Crippen LogP contribution >= 0.6 is 11.3 Å². The summed E-state index contributed by atoms with van der Waals surface area (Å²) in [6.45, 7) is 4.62. The number of rotatable bonds is 5. The third-order valence-corrected chi connectivity index (χ3v) is 7.13. The Kier molecular flexibility index (Phi) is 3.94. The first-order chi connectivity index (χ1) is 12.6. The molecule has 5 rings (SSSR count). The van der Waals surface area contributed by atoms with E-state index in [1.165, 1.54) is 18.4 Å². The van der Waals surface area contributed by atoms with Crippen molar-refractivity contribution in [3.05, 3.63) is 40.6 Å². The van der Waals surface area contributed by atoms with Gasteiger partial charge in [0.15, 0.2) is 0 Å². The summed E-state index contributed by atoms with van der Waals surface area (Å²) in [5, 5.41) is 4.35. The van der Waals surface area contributed by atoms with E-state index in [9.17, 15) is 4.79 Å². The van der Waals surface area contributed by atoms with Crippen LogP contribution in [0.2, 0.25) is 0 Å². The van der Waals surface area contributed by atoms with Gasteiger partial charge in [-0.15, -0.1) is 0 Å². The first-order valence-corrected chi connectivity index (χ1v) is 10.6. The molecule has 0 bridgehead atoms. The molecule has 0 unspecified atom stereocenters. The van der Waals surface area contributed by atoms with Crippen LogP contribution in [-0.4, -0.2) is 51.4 Å². The standard InChI is InChI=1S/C20H26N4OS/c1-22-11-18(21-14-22)17-10-23(8-16-4-7-26-12-16)13-20(17)5-6-24(19(20)25)9-15-2-3-15/h4,7,11-12,14-15,17H,2-3,5-6,8-10,13H2,1H3/t17-,20-/m0/s1. The molecule has 2 saturated heterocycles. The van der Waals surface area contributed by atoms with Crippen molar-refractivity contribution in [3.8, 4) is 0 Å². The zero-order valence-electron chi connectivity index (χ0n) is 15.3. The van der Waals surface area contributed by atoms with Crippen LogP contribution in [0.5, 0.6) is 0 Å². The number of nitrogens with zero attached hydrogens (tertiary/aromatic N) is 4. The molecule has 0 radical (unpaired) electrons. The van der Waals surface area contributed by atoms with Gasteiger partial charge in [0, 0.05) is 51.9 Å². The molecule has 3 aliphatic rings. The van der Waals surface area contributed by atoms with Crippen molar-refractivity contribution < 1.29 is 4.79 Å². The maximum atomic E-state index is 13.5. The van der Waals surface area contributed by atoms with Crippen LogP contribution in [-0.2, 0) is 18.4 Å². The molecule has 3 fully saturated rings. The summed E-state index contributed by atoms with van der Waals surface area (Å²) in [6.07, 6.45) is 7.54. The number of thiophene rings is 1. The zero-order chi connectivity index (χ0) is 17.7. The molecule has 1 saturated carbocycles. The Labute approximate surface area is 158 Å². The molecule has 2 aromatic heterocycles. The van der Waals surface area contributed by atoms with Crippen molar-refractivity contribution in [2.45, 2.75) is 31.7 Å². The summed E-state index contributed by atoms with van der Waals surface area (Å²) in [4.78, 5) is 22.8. The highest BCUT2D eigenvalue weighted by atomic mass is 32.1. The fraction of sp³-hybridized carbons (Fsp3) is 0.600. The lowest BCUT2D eigenvalue weighted by Crippen LogP contribution is -2.40. The Bertz CT molecular complexity index is 797. The predicted octanol–water partition coefficient (Wildman–Crippen LogP) is 2.71. The molecule has 0 N–H and O–H groups in total. The number of carbonyl (C=O) groups excluding carboxylic acids is 1. The van der Waals surface area contributed by atoms with Crippen molar-refractivity contribution in [1.82, 2.24) is 19.4 Å². The molecular weight excluding hydrogens is 344 g/mol. The van der Waals surface area contributed by atoms with E-state index >= 15 is 0 Å². The first-order valence-electron chi connectivity index (χ1n) is 9.65. The van der Waals surface area contributed by atoms with Crippen LogP contribution in [0.25, 0.3) is 0 Å². The highest BCUT2D eigenvalue weighted by molar-refractivity contribution is 7.07. The molecule has 1 spiro atoms. The van der Waals surface area contributed by atoms with Gasteiger partial charge in [0.05, 0.1) is 17.4 Å². The number of aromatic nitrogens is 2. The van der Waals surface area contributed by atoms with Gasteiger partial charge in [-0.3, -0.25) is 9.69 Å². The number of imidazole rings is 1. The van der Waals surface area contributed by atoms with E-state index in [-0.39, 0.29) is 11.3 Å². The number of amides is 1. The lowest BCUT2D eigenvalue weighted by molar-refractivity contribution is -0.136. The second-order valence-electron chi connectivity index (χ2n) is 8.42. The van der Waals surface area contributed by atoms with Gasteiger partial charge < -0.3 is 9.47 Å². The fourth-order valence-electron chi connectivity index (χ4n) is 4.87. The largest absolute Gasteiger partial charge is 0.342 e. The Morgan fingerprint density at radius 3 is 2.96 bits per heavy atom. The van der Waals surface area contributed by atoms with Crippen molar-refractivity contribution in [2.75, 3.05) is 26.2 Å². The number of carbonyl (C=O) groups is 1. The second kappa shape index (κ2) is 6.20. The molecule has 2 aromatic rings. The lowest BCUT2D eigenvalue weighted by atomic mass is 9.75. The fourth-order valence-corrected chi connectivity index (χ4v) is 5.53. The number of hydrogen-bond donors (Lipinski definition) is 0. The number of aryl methyl sites for hydroxylation is 1. The van der Waals surface area contributed by atoms with Gasteiger partial charge in [0.2, 0.25) is 5.91 Å². The Balaban J connectivity index is 1.43. The summed E-state index contributed by atoms with van der Waals surface area (Å²) < 4.78 is 2.01. The summed E-state index contributed by atoms with van der Waals surface area (Å²) in [5.74, 6) is 1.35. The second-order valence-corrected chi connectivity index (χ2v) is 9.20. The third-order valence-electron chi connectivity index (χ3n) is 6.40. The molecule has 1 aliphatic carbocycles.